The number of hydrogen-bond acceptors (Lipinski definition) is 5. The van der Waals surface area contributed by atoms with Gasteiger partial charge in [0.15, 0.2) is 6.61 Å². The number of esters is 1. The lowest BCUT2D eigenvalue weighted by atomic mass is 10.1. The Kier molecular flexibility index (Phi) is 8.09. The van der Waals surface area contributed by atoms with E-state index in [1.54, 1.807) is 0 Å². The Morgan fingerprint density at radius 2 is 1.72 bits per heavy atom. The van der Waals surface area contributed by atoms with Gasteiger partial charge in [-0.05, 0) is 49.9 Å². The van der Waals surface area contributed by atoms with Crippen LogP contribution < -0.4 is 14.8 Å². The highest BCUT2D eigenvalue weighted by atomic mass is 16.5. The number of carbonyl (C=O) groups is 2. The van der Waals surface area contributed by atoms with Crippen LogP contribution in [-0.2, 0) is 14.3 Å². The van der Waals surface area contributed by atoms with Crippen molar-refractivity contribution in [2.45, 2.75) is 39.0 Å². The minimum Gasteiger partial charge on any atom is -0.494 e. The van der Waals surface area contributed by atoms with E-state index >= 15 is 0 Å². The molecule has 1 saturated carbocycles. The topological polar surface area (TPSA) is 73.9 Å². The zero-order chi connectivity index (χ0) is 17.9. The van der Waals surface area contributed by atoms with E-state index in [1.807, 2.05) is 31.2 Å². The van der Waals surface area contributed by atoms with E-state index in [-0.39, 0.29) is 18.5 Å². The van der Waals surface area contributed by atoms with Crippen LogP contribution in [-0.4, -0.2) is 38.2 Å². The van der Waals surface area contributed by atoms with Gasteiger partial charge in [-0.1, -0.05) is 12.8 Å². The van der Waals surface area contributed by atoms with Crippen LogP contribution in [0.15, 0.2) is 24.3 Å². The van der Waals surface area contributed by atoms with Crippen molar-refractivity contribution < 1.29 is 23.8 Å². The Balaban J connectivity index is 1.53. The Morgan fingerprint density at radius 3 is 2.36 bits per heavy atom. The van der Waals surface area contributed by atoms with Crippen LogP contribution in [0.3, 0.4) is 0 Å². The number of benzene rings is 1. The minimum absolute atomic E-state index is 0.228. The Labute approximate surface area is 148 Å². The lowest BCUT2D eigenvalue weighted by molar-refractivity contribution is -0.149. The second kappa shape index (κ2) is 10.6. The molecule has 138 valence electrons. The summed E-state index contributed by atoms with van der Waals surface area (Å²) in [7, 11) is 0. The zero-order valence-electron chi connectivity index (χ0n) is 14.8. The highest BCUT2D eigenvalue weighted by Gasteiger charge is 2.19. The van der Waals surface area contributed by atoms with E-state index in [0.29, 0.717) is 37.8 Å². The van der Waals surface area contributed by atoms with Crippen LogP contribution in [0.2, 0.25) is 0 Å². The lowest BCUT2D eigenvalue weighted by Gasteiger charge is -2.10. The highest BCUT2D eigenvalue weighted by molar-refractivity contribution is 5.80. The van der Waals surface area contributed by atoms with Gasteiger partial charge in [0, 0.05) is 6.42 Å². The molecule has 0 bridgehead atoms. The van der Waals surface area contributed by atoms with Gasteiger partial charge in [-0.2, -0.15) is 0 Å². The van der Waals surface area contributed by atoms with Crippen LogP contribution in [0.1, 0.15) is 39.0 Å². The van der Waals surface area contributed by atoms with Gasteiger partial charge in [0.1, 0.15) is 18.1 Å². The molecule has 25 heavy (non-hydrogen) atoms. The summed E-state index contributed by atoms with van der Waals surface area (Å²) in [4.78, 5) is 23.3. The van der Waals surface area contributed by atoms with Crippen LogP contribution in [0, 0.1) is 5.92 Å². The Hall–Kier alpha value is -2.24. The Bertz CT molecular complexity index is 537. The summed E-state index contributed by atoms with van der Waals surface area (Å²) >= 11 is 0. The van der Waals surface area contributed by atoms with Crippen molar-refractivity contribution >= 4 is 11.9 Å². The van der Waals surface area contributed by atoms with E-state index in [2.05, 4.69) is 5.32 Å². The van der Waals surface area contributed by atoms with Crippen molar-refractivity contribution in [1.82, 2.24) is 5.32 Å². The maximum atomic E-state index is 11.7. The molecule has 0 spiro atoms. The first-order valence-electron chi connectivity index (χ1n) is 8.95. The fourth-order valence-electron chi connectivity index (χ4n) is 2.86. The molecule has 1 aromatic rings. The molecule has 1 fully saturated rings. The molecule has 1 aliphatic rings. The number of rotatable bonds is 10. The monoisotopic (exact) mass is 349 g/mol. The summed E-state index contributed by atoms with van der Waals surface area (Å²) in [5.74, 6) is 1.34. The van der Waals surface area contributed by atoms with Gasteiger partial charge in [0.05, 0.1) is 13.2 Å². The van der Waals surface area contributed by atoms with Crippen LogP contribution in [0.5, 0.6) is 11.5 Å². The Morgan fingerprint density at radius 1 is 1.08 bits per heavy atom. The predicted octanol–water partition coefficient (Wildman–Crippen LogP) is 2.70. The number of ether oxygens (including phenoxy) is 3. The van der Waals surface area contributed by atoms with Crippen molar-refractivity contribution in [3.63, 3.8) is 0 Å². The van der Waals surface area contributed by atoms with Gasteiger partial charge >= 0.3 is 5.97 Å². The number of hydrogen-bond donors (Lipinski definition) is 1. The van der Waals surface area contributed by atoms with Gasteiger partial charge in [-0.3, -0.25) is 9.59 Å². The molecule has 6 heteroatoms. The molecule has 0 aliphatic heterocycles. The normalized spacial score (nSPS) is 14.1. The average Bonchev–Trinajstić information content (AvgIpc) is 3.11. The van der Waals surface area contributed by atoms with E-state index in [0.717, 1.165) is 18.6 Å². The second-order valence-electron chi connectivity index (χ2n) is 6.12. The summed E-state index contributed by atoms with van der Waals surface area (Å²) in [6.07, 6.45) is 4.97. The smallest absolute Gasteiger partial charge is 0.306 e. The molecule has 0 aromatic heterocycles. The molecular weight excluding hydrogens is 322 g/mol. The minimum atomic E-state index is -0.310. The van der Waals surface area contributed by atoms with Crippen molar-refractivity contribution in [3.8, 4) is 11.5 Å². The van der Waals surface area contributed by atoms with Gasteiger partial charge < -0.3 is 19.5 Å². The summed E-state index contributed by atoms with van der Waals surface area (Å²) in [6.45, 7) is 3.02. The molecule has 1 amide bonds. The lowest BCUT2D eigenvalue weighted by Crippen LogP contribution is -2.32. The standard InChI is InChI=1S/C19H27NO5/c1-2-23-16-7-9-17(10-8-16)24-12-11-20-18(21)14-25-19(22)13-15-5-3-4-6-15/h7-10,15H,2-6,11-14H2,1H3,(H,20,21). The maximum Gasteiger partial charge on any atom is 0.306 e. The summed E-state index contributed by atoms with van der Waals surface area (Å²) in [5.41, 5.74) is 0. The average molecular weight is 349 g/mol. The molecule has 0 heterocycles. The molecule has 1 aromatic carbocycles. The van der Waals surface area contributed by atoms with Crippen molar-refractivity contribution in [1.29, 1.82) is 0 Å². The van der Waals surface area contributed by atoms with Crippen LogP contribution in [0.25, 0.3) is 0 Å². The predicted molar refractivity (Wildman–Crippen MR) is 93.6 cm³/mol. The van der Waals surface area contributed by atoms with Crippen LogP contribution >= 0.6 is 0 Å². The quantitative estimate of drug-likeness (QED) is 0.519. The molecule has 0 atom stereocenters. The first kappa shape index (κ1) is 19.1. The summed E-state index contributed by atoms with van der Waals surface area (Å²) in [5, 5.41) is 2.67. The first-order chi connectivity index (χ1) is 12.2. The molecule has 0 radical (unpaired) electrons. The van der Waals surface area contributed by atoms with Crippen molar-refractivity contribution in [3.05, 3.63) is 24.3 Å². The van der Waals surface area contributed by atoms with Crippen LogP contribution in [0.4, 0.5) is 0 Å². The number of amides is 1. The van der Waals surface area contributed by atoms with Gasteiger partial charge in [0.2, 0.25) is 0 Å². The van der Waals surface area contributed by atoms with Gasteiger partial charge in [-0.25, -0.2) is 0 Å². The van der Waals surface area contributed by atoms with E-state index in [9.17, 15) is 9.59 Å². The van der Waals surface area contributed by atoms with E-state index < -0.39 is 0 Å². The molecule has 0 unspecified atom stereocenters. The molecule has 6 nitrogen and oxygen atoms in total. The zero-order valence-corrected chi connectivity index (χ0v) is 14.8. The molecule has 1 N–H and O–H groups in total. The molecule has 1 aliphatic carbocycles. The molecular formula is C19H27NO5. The second-order valence-corrected chi connectivity index (χ2v) is 6.12. The van der Waals surface area contributed by atoms with Gasteiger partial charge in [0.25, 0.3) is 5.91 Å². The highest BCUT2D eigenvalue weighted by Crippen LogP contribution is 2.27. The van der Waals surface area contributed by atoms with E-state index in [4.69, 9.17) is 14.2 Å². The van der Waals surface area contributed by atoms with E-state index in [1.165, 1.54) is 12.8 Å². The molecule has 2 rings (SSSR count). The number of carbonyl (C=O) groups excluding carboxylic acids is 2. The fraction of sp³-hybridized carbons (Fsp3) is 0.579. The third-order valence-corrected chi connectivity index (χ3v) is 4.12. The van der Waals surface area contributed by atoms with Crippen molar-refractivity contribution in [2.75, 3.05) is 26.4 Å². The summed E-state index contributed by atoms with van der Waals surface area (Å²) in [6, 6.07) is 7.30. The molecule has 0 saturated heterocycles. The van der Waals surface area contributed by atoms with Crippen molar-refractivity contribution in [2.24, 2.45) is 5.92 Å². The summed E-state index contributed by atoms with van der Waals surface area (Å²) < 4.78 is 15.9. The SMILES string of the molecule is CCOc1ccc(OCCNC(=O)COC(=O)CC2CCCC2)cc1. The largest absolute Gasteiger partial charge is 0.494 e. The first-order valence-corrected chi connectivity index (χ1v) is 8.95. The van der Waals surface area contributed by atoms with Gasteiger partial charge in [-0.15, -0.1) is 0 Å². The third kappa shape index (κ3) is 7.45. The fourth-order valence-corrected chi connectivity index (χ4v) is 2.86. The number of nitrogens with one attached hydrogen (secondary N) is 1. The maximum absolute atomic E-state index is 11.7. The third-order valence-electron chi connectivity index (χ3n) is 4.12.